The van der Waals surface area contributed by atoms with Gasteiger partial charge in [0.2, 0.25) is 0 Å². The first-order valence-electron chi connectivity index (χ1n) is 8.38. The van der Waals surface area contributed by atoms with Crippen molar-refractivity contribution in [2.24, 2.45) is 5.92 Å². The second kappa shape index (κ2) is 10.6. The topological polar surface area (TPSA) is 84.7 Å². The molecule has 2 N–H and O–H groups in total. The molecule has 2 aromatic rings. The predicted octanol–water partition coefficient (Wildman–Crippen LogP) is 2.64. The number of aromatic nitrogens is 4. The van der Waals surface area contributed by atoms with Gasteiger partial charge in [-0.15, -0.1) is 29.9 Å². The fourth-order valence-corrected chi connectivity index (χ4v) is 2.82. The summed E-state index contributed by atoms with van der Waals surface area (Å²) in [6.07, 6.45) is 0.786. The summed E-state index contributed by atoms with van der Waals surface area (Å²) >= 11 is 0. The average molecular weight is 441 g/mol. The molecule has 0 bridgehead atoms. The first-order chi connectivity index (χ1) is 12.4. The first kappa shape index (κ1) is 24.1. The normalized spacial score (nSPS) is 16.6. The Labute approximate surface area is 172 Å². The number of nitrogens with zero attached hydrogens (tertiary/aromatic N) is 4. The number of piperidine rings is 1. The van der Waals surface area contributed by atoms with E-state index in [1.165, 1.54) is 16.9 Å². The number of nitrogens with one attached hydrogen (secondary N) is 2. The Morgan fingerprint density at radius 1 is 1.32 bits per heavy atom. The minimum Gasteiger partial charge on any atom is -0.351 e. The van der Waals surface area contributed by atoms with Crippen LogP contribution in [0.4, 0.5) is 13.2 Å². The number of hydrogen-bond acceptors (Lipinski definition) is 5. The summed E-state index contributed by atoms with van der Waals surface area (Å²) in [5.41, 5.74) is -0.759. The number of carbonyl (C=O) groups excluding carboxylic acids is 1. The highest BCUT2D eigenvalue weighted by molar-refractivity contribution is 5.91. The van der Waals surface area contributed by atoms with Gasteiger partial charge < -0.3 is 10.6 Å². The Morgan fingerprint density at radius 2 is 2.11 bits per heavy atom. The zero-order chi connectivity index (χ0) is 18.6. The van der Waals surface area contributed by atoms with Gasteiger partial charge in [0.05, 0.1) is 11.8 Å². The van der Waals surface area contributed by atoms with Crippen LogP contribution in [0.5, 0.6) is 0 Å². The molecule has 0 saturated carbocycles. The third kappa shape index (κ3) is 6.32. The number of pyridine rings is 1. The maximum atomic E-state index is 12.6. The zero-order valence-electron chi connectivity index (χ0n) is 14.8. The van der Waals surface area contributed by atoms with Gasteiger partial charge in [-0.25, -0.2) is 9.67 Å². The molecule has 0 aliphatic carbocycles. The van der Waals surface area contributed by atoms with E-state index < -0.39 is 11.7 Å². The van der Waals surface area contributed by atoms with Gasteiger partial charge in [-0.3, -0.25) is 4.79 Å². The lowest BCUT2D eigenvalue weighted by Gasteiger charge is -2.22. The van der Waals surface area contributed by atoms with Crippen molar-refractivity contribution in [1.29, 1.82) is 0 Å². The minimum absolute atomic E-state index is 0. The maximum Gasteiger partial charge on any atom is 0.417 e. The number of hydrogen-bond donors (Lipinski definition) is 2. The van der Waals surface area contributed by atoms with Crippen LogP contribution in [-0.2, 0) is 6.18 Å². The number of carbonyl (C=O) groups is 1. The van der Waals surface area contributed by atoms with Crippen molar-refractivity contribution in [2.75, 3.05) is 19.6 Å². The van der Waals surface area contributed by atoms with Crippen LogP contribution in [0.15, 0.2) is 24.5 Å². The van der Waals surface area contributed by atoms with Crippen LogP contribution in [0.25, 0.3) is 5.82 Å². The molecule has 3 rings (SSSR count). The Kier molecular flexibility index (Phi) is 9.12. The van der Waals surface area contributed by atoms with E-state index in [9.17, 15) is 18.0 Å². The molecule has 2 aromatic heterocycles. The standard InChI is InChI=1S/C16H19F3N6O.2ClH/c17-16(18,19)12-3-4-14(22-9-12)25-10-13(23-24-25)15(26)21-7-5-11-2-1-6-20-8-11;;/h3-4,9-11,20H,1-2,5-8H2,(H,21,26);2*1H. The van der Waals surface area contributed by atoms with E-state index in [1.54, 1.807) is 0 Å². The molecule has 3 heterocycles. The fraction of sp³-hybridized carbons (Fsp3) is 0.500. The smallest absolute Gasteiger partial charge is 0.351 e. The van der Waals surface area contributed by atoms with Crippen LogP contribution in [-0.4, -0.2) is 45.5 Å². The van der Waals surface area contributed by atoms with Crippen molar-refractivity contribution in [3.63, 3.8) is 0 Å². The van der Waals surface area contributed by atoms with Gasteiger partial charge in [0, 0.05) is 12.7 Å². The highest BCUT2D eigenvalue weighted by Gasteiger charge is 2.30. The summed E-state index contributed by atoms with van der Waals surface area (Å²) in [6, 6.07) is 2.08. The van der Waals surface area contributed by atoms with Crippen molar-refractivity contribution in [2.45, 2.75) is 25.4 Å². The van der Waals surface area contributed by atoms with E-state index in [2.05, 4.69) is 25.9 Å². The largest absolute Gasteiger partial charge is 0.417 e. The average Bonchev–Trinajstić information content (AvgIpc) is 3.12. The van der Waals surface area contributed by atoms with Gasteiger partial charge in [-0.2, -0.15) is 13.2 Å². The lowest BCUT2D eigenvalue weighted by molar-refractivity contribution is -0.137. The molecule has 0 aromatic carbocycles. The SMILES string of the molecule is Cl.Cl.O=C(NCCC1CCCNC1)c1cn(-c2ccc(C(F)(F)F)cn2)nn1. The summed E-state index contributed by atoms with van der Waals surface area (Å²) in [6.45, 7) is 2.55. The van der Waals surface area contributed by atoms with Gasteiger partial charge in [-0.1, -0.05) is 5.21 Å². The molecule has 0 radical (unpaired) electrons. The molecule has 12 heteroatoms. The van der Waals surface area contributed by atoms with Crippen LogP contribution < -0.4 is 10.6 Å². The summed E-state index contributed by atoms with van der Waals surface area (Å²) in [5.74, 6) is 0.334. The van der Waals surface area contributed by atoms with Crippen LogP contribution in [0, 0.1) is 5.92 Å². The van der Waals surface area contributed by atoms with E-state index in [4.69, 9.17) is 0 Å². The second-order valence-corrected chi connectivity index (χ2v) is 6.21. The summed E-state index contributed by atoms with van der Waals surface area (Å²) < 4.78 is 38.8. The lowest BCUT2D eigenvalue weighted by atomic mass is 9.96. The van der Waals surface area contributed by atoms with Gasteiger partial charge in [0.1, 0.15) is 0 Å². The van der Waals surface area contributed by atoms with Crippen LogP contribution in [0.3, 0.4) is 0 Å². The second-order valence-electron chi connectivity index (χ2n) is 6.21. The molecule has 1 unspecified atom stereocenters. The van der Waals surface area contributed by atoms with Gasteiger partial charge in [0.25, 0.3) is 5.91 Å². The van der Waals surface area contributed by atoms with Crippen molar-refractivity contribution in [3.05, 3.63) is 35.8 Å². The molecule has 1 saturated heterocycles. The van der Waals surface area contributed by atoms with Crippen molar-refractivity contribution in [3.8, 4) is 5.82 Å². The fourth-order valence-electron chi connectivity index (χ4n) is 2.82. The number of rotatable bonds is 5. The monoisotopic (exact) mass is 440 g/mol. The molecule has 1 atom stereocenters. The molecular formula is C16H21Cl2F3N6O. The minimum atomic E-state index is -4.45. The van der Waals surface area contributed by atoms with Gasteiger partial charge in [0.15, 0.2) is 11.5 Å². The summed E-state index contributed by atoms with van der Waals surface area (Å²) in [7, 11) is 0. The molecule has 7 nitrogen and oxygen atoms in total. The summed E-state index contributed by atoms with van der Waals surface area (Å²) in [4.78, 5) is 15.8. The third-order valence-corrected chi connectivity index (χ3v) is 4.27. The van der Waals surface area contributed by atoms with Crippen molar-refractivity contribution >= 4 is 30.7 Å². The maximum absolute atomic E-state index is 12.6. The third-order valence-electron chi connectivity index (χ3n) is 4.27. The highest BCUT2D eigenvalue weighted by atomic mass is 35.5. The highest BCUT2D eigenvalue weighted by Crippen LogP contribution is 2.28. The molecule has 1 aliphatic heterocycles. The summed E-state index contributed by atoms with van der Waals surface area (Å²) in [5, 5.41) is 13.6. The van der Waals surface area contributed by atoms with Crippen LogP contribution in [0.1, 0.15) is 35.3 Å². The molecule has 156 valence electrons. The Hall–Kier alpha value is -1.91. The molecule has 28 heavy (non-hydrogen) atoms. The lowest BCUT2D eigenvalue weighted by Crippen LogP contribution is -2.33. The molecule has 1 fully saturated rings. The van der Waals surface area contributed by atoms with E-state index in [0.717, 1.165) is 44.6 Å². The van der Waals surface area contributed by atoms with Gasteiger partial charge >= 0.3 is 6.18 Å². The number of halogens is 5. The van der Waals surface area contributed by atoms with E-state index in [-0.39, 0.29) is 42.2 Å². The Morgan fingerprint density at radius 3 is 2.71 bits per heavy atom. The van der Waals surface area contributed by atoms with Crippen LogP contribution in [0.2, 0.25) is 0 Å². The molecule has 0 spiro atoms. The van der Waals surface area contributed by atoms with Crippen molar-refractivity contribution < 1.29 is 18.0 Å². The number of amides is 1. The van der Waals surface area contributed by atoms with Gasteiger partial charge in [-0.05, 0) is 50.4 Å². The number of alkyl halides is 3. The predicted molar refractivity (Wildman–Crippen MR) is 101 cm³/mol. The van der Waals surface area contributed by atoms with Crippen LogP contribution >= 0.6 is 24.8 Å². The molecule has 1 amide bonds. The van der Waals surface area contributed by atoms with Crippen molar-refractivity contribution in [1.82, 2.24) is 30.6 Å². The van der Waals surface area contributed by atoms with E-state index >= 15 is 0 Å². The van der Waals surface area contributed by atoms with E-state index in [1.807, 2.05) is 0 Å². The zero-order valence-corrected chi connectivity index (χ0v) is 16.4. The molecular weight excluding hydrogens is 420 g/mol. The Balaban J connectivity index is 0.00000196. The molecule has 1 aliphatic rings. The Bertz CT molecular complexity index is 748. The van der Waals surface area contributed by atoms with E-state index in [0.29, 0.717) is 12.5 Å². The quantitative estimate of drug-likeness (QED) is 0.746. The first-order valence-corrected chi connectivity index (χ1v) is 8.38.